The Balaban J connectivity index is 1.42. The number of halogens is 1. The lowest BCUT2D eigenvalue weighted by Gasteiger charge is -2.17. The topological polar surface area (TPSA) is 88.5 Å². The number of fused-ring (bicyclic) bond motifs is 1. The van der Waals surface area contributed by atoms with E-state index in [1.54, 1.807) is 29.4 Å². The summed E-state index contributed by atoms with van der Waals surface area (Å²) in [5.74, 6) is -0.367. The summed E-state index contributed by atoms with van der Waals surface area (Å²) < 4.78 is 1.73. The van der Waals surface area contributed by atoms with Gasteiger partial charge in [0.25, 0.3) is 5.91 Å². The van der Waals surface area contributed by atoms with E-state index in [2.05, 4.69) is 43.9 Å². The van der Waals surface area contributed by atoms with Crippen molar-refractivity contribution in [3.05, 3.63) is 107 Å². The third kappa shape index (κ3) is 4.23. The number of hydrogen-bond donors (Lipinski definition) is 2. The Labute approximate surface area is 195 Å². The molecule has 2 aromatic heterocycles. The number of rotatable bonds is 6. The minimum atomic E-state index is -0.244. The number of aromatic amines is 1. The number of carbonyl (C=O) groups excluding carboxylic acids is 1. The zero-order valence-corrected chi connectivity index (χ0v) is 18.6. The summed E-state index contributed by atoms with van der Waals surface area (Å²) in [6.07, 6.45) is 3.15. The van der Waals surface area contributed by atoms with Gasteiger partial charge in [0.15, 0.2) is 0 Å². The Hall–Kier alpha value is -3.97. The highest BCUT2D eigenvalue weighted by Crippen LogP contribution is 2.29. The fraction of sp³-hybridized carbons (Fsp3) is 0.120. The Kier molecular flexibility index (Phi) is 5.62. The molecule has 0 unspecified atom stereocenters. The maximum atomic E-state index is 13.0. The van der Waals surface area contributed by atoms with Crippen LogP contribution in [0.25, 0.3) is 16.6 Å². The fourth-order valence-electron chi connectivity index (χ4n) is 3.95. The zero-order chi connectivity index (χ0) is 22.8. The molecule has 5 rings (SSSR count). The summed E-state index contributed by atoms with van der Waals surface area (Å²) in [5, 5.41) is 19.8. The van der Waals surface area contributed by atoms with Gasteiger partial charge in [0, 0.05) is 23.5 Å². The number of amides is 1. The molecule has 0 saturated carbocycles. The summed E-state index contributed by atoms with van der Waals surface area (Å²) in [6, 6.07) is 21.5. The van der Waals surface area contributed by atoms with E-state index in [-0.39, 0.29) is 11.8 Å². The van der Waals surface area contributed by atoms with Crippen molar-refractivity contribution in [1.29, 1.82) is 0 Å². The molecular weight excluding hydrogens is 436 g/mol. The highest BCUT2D eigenvalue weighted by atomic mass is 35.5. The summed E-state index contributed by atoms with van der Waals surface area (Å²) in [4.78, 5) is 13.0. The van der Waals surface area contributed by atoms with Crippen molar-refractivity contribution in [3.8, 4) is 5.69 Å². The van der Waals surface area contributed by atoms with Crippen molar-refractivity contribution in [2.24, 2.45) is 0 Å². The van der Waals surface area contributed by atoms with E-state index in [4.69, 9.17) is 11.6 Å². The van der Waals surface area contributed by atoms with Crippen molar-refractivity contribution in [2.75, 3.05) is 6.54 Å². The molecule has 0 bridgehead atoms. The van der Waals surface area contributed by atoms with Crippen LogP contribution in [0.1, 0.15) is 33.1 Å². The van der Waals surface area contributed by atoms with Crippen LogP contribution in [0.4, 0.5) is 0 Å². The van der Waals surface area contributed by atoms with Crippen molar-refractivity contribution >= 4 is 28.4 Å². The summed E-state index contributed by atoms with van der Waals surface area (Å²) >= 11 is 6.43. The fourth-order valence-corrected chi connectivity index (χ4v) is 4.21. The first kappa shape index (κ1) is 20.9. The molecule has 0 radical (unpaired) electrons. The van der Waals surface area contributed by atoms with Gasteiger partial charge in [0.1, 0.15) is 12.7 Å². The van der Waals surface area contributed by atoms with Crippen LogP contribution in [0.2, 0.25) is 5.02 Å². The number of aromatic nitrogens is 5. The third-order valence-electron chi connectivity index (χ3n) is 5.66. The van der Waals surface area contributed by atoms with Crippen molar-refractivity contribution in [1.82, 2.24) is 30.3 Å². The smallest absolute Gasteiger partial charge is 0.252 e. The molecule has 0 aliphatic rings. The van der Waals surface area contributed by atoms with Crippen LogP contribution >= 0.6 is 11.6 Å². The SMILES string of the molecule is Cc1ccc2c([C@H](CNC(=O)c3ccc(-n4cnnc4)cc3Cl)c3ccccc3)n[nH]c2c1. The average molecular weight is 457 g/mol. The van der Waals surface area contributed by atoms with E-state index >= 15 is 0 Å². The summed E-state index contributed by atoms with van der Waals surface area (Å²) in [6.45, 7) is 2.42. The van der Waals surface area contributed by atoms with E-state index in [1.165, 1.54) is 0 Å². The lowest BCUT2D eigenvalue weighted by atomic mass is 9.93. The van der Waals surface area contributed by atoms with E-state index in [9.17, 15) is 4.79 Å². The van der Waals surface area contributed by atoms with E-state index in [0.29, 0.717) is 17.1 Å². The predicted octanol–water partition coefficient (Wildman–Crippen LogP) is 4.67. The minimum Gasteiger partial charge on any atom is -0.351 e. The molecule has 2 heterocycles. The number of aryl methyl sites for hydroxylation is 1. The number of hydrogen-bond acceptors (Lipinski definition) is 4. The molecule has 164 valence electrons. The van der Waals surface area contributed by atoms with Gasteiger partial charge in [-0.05, 0) is 42.3 Å². The van der Waals surface area contributed by atoms with Crippen molar-refractivity contribution in [3.63, 3.8) is 0 Å². The van der Waals surface area contributed by atoms with Crippen LogP contribution in [-0.4, -0.2) is 37.4 Å². The normalized spacial score (nSPS) is 12.1. The lowest BCUT2D eigenvalue weighted by Crippen LogP contribution is -2.29. The minimum absolute atomic E-state index is 0.123. The maximum absolute atomic E-state index is 13.0. The number of nitrogens with zero attached hydrogens (tertiary/aromatic N) is 4. The Morgan fingerprint density at radius 1 is 1.06 bits per heavy atom. The van der Waals surface area contributed by atoms with Gasteiger partial charge in [-0.1, -0.05) is 54.1 Å². The Bertz CT molecular complexity index is 1410. The first-order valence-corrected chi connectivity index (χ1v) is 10.9. The summed E-state index contributed by atoms with van der Waals surface area (Å²) in [7, 11) is 0. The molecule has 7 nitrogen and oxygen atoms in total. The van der Waals surface area contributed by atoms with Crippen LogP contribution < -0.4 is 5.32 Å². The molecular formula is C25H21ClN6O. The molecule has 33 heavy (non-hydrogen) atoms. The van der Waals surface area contributed by atoms with Gasteiger partial charge in [0.05, 0.1) is 21.8 Å². The van der Waals surface area contributed by atoms with E-state index in [1.807, 2.05) is 43.3 Å². The lowest BCUT2D eigenvalue weighted by molar-refractivity contribution is 0.0952. The highest BCUT2D eigenvalue weighted by molar-refractivity contribution is 6.34. The standard InChI is InChI=1S/C25H21ClN6O/c1-16-7-9-20-23(11-16)30-31-24(20)21(17-5-3-2-4-6-17)13-27-25(33)19-10-8-18(12-22(19)26)32-14-28-29-15-32/h2-12,14-15,21H,13H2,1H3,(H,27,33)(H,30,31)/t21-/m1/s1. The zero-order valence-electron chi connectivity index (χ0n) is 17.9. The molecule has 1 amide bonds. The van der Waals surface area contributed by atoms with Crippen LogP contribution in [0.5, 0.6) is 0 Å². The van der Waals surface area contributed by atoms with Gasteiger partial charge < -0.3 is 5.32 Å². The van der Waals surface area contributed by atoms with Gasteiger partial charge >= 0.3 is 0 Å². The van der Waals surface area contributed by atoms with Gasteiger partial charge in [0.2, 0.25) is 0 Å². The monoisotopic (exact) mass is 456 g/mol. The number of nitrogens with one attached hydrogen (secondary N) is 2. The molecule has 5 aromatic rings. The first-order valence-electron chi connectivity index (χ1n) is 10.5. The highest BCUT2D eigenvalue weighted by Gasteiger charge is 2.22. The Morgan fingerprint density at radius 3 is 2.61 bits per heavy atom. The molecule has 0 fully saturated rings. The van der Waals surface area contributed by atoms with Gasteiger partial charge in [-0.2, -0.15) is 5.10 Å². The number of H-pyrrole nitrogens is 1. The molecule has 8 heteroatoms. The molecule has 3 aromatic carbocycles. The quantitative estimate of drug-likeness (QED) is 0.388. The number of benzene rings is 3. The van der Waals surface area contributed by atoms with Crippen LogP contribution in [0.15, 0.2) is 79.4 Å². The molecule has 0 saturated heterocycles. The molecule has 0 spiro atoms. The van der Waals surface area contributed by atoms with Crippen LogP contribution in [-0.2, 0) is 0 Å². The summed E-state index contributed by atoms with van der Waals surface area (Å²) in [5.41, 5.74) is 5.29. The second-order valence-electron chi connectivity index (χ2n) is 7.86. The van der Waals surface area contributed by atoms with Gasteiger partial charge in [-0.15, -0.1) is 10.2 Å². The van der Waals surface area contributed by atoms with Crippen LogP contribution in [0, 0.1) is 6.92 Å². The van der Waals surface area contributed by atoms with E-state index in [0.717, 1.165) is 33.4 Å². The van der Waals surface area contributed by atoms with Gasteiger partial charge in [-0.3, -0.25) is 14.5 Å². The number of carbonyl (C=O) groups is 1. The van der Waals surface area contributed by atoms with E-state index < -0.39 is 0 Å². The van der Waals surface area contributed by atoms with Crippen molar-refractivity contribution in [2.45, 2.75) is 12.8 Å². The van der Waals surface area contributed by atoms with Gasteiger partial charge in [-0.25, -0.2) is 0 Å². The largest absolute Gasteiger partial charge is 0.351 e. The maximum Gasteiger partial charge on any atom is 0.252 e. The predicted molar refractivity (Wildman–Crippen MR) is 128 cm³/mol. The molecule has 1 atom stereocenters. The molecule has 2 N–H and O–H groups in total. The second kappa shape index (κ2) is 8.88. The third-order valence-corrected chi connectivity index (χ3v) is 5.97. The van der Waals surface area contributed by atoms with Crippen LogP contribution in [0.3, 0.4) is 0 Å². The van der Waals surface area contributed by atoms with Crippen molar-refractivity contribution < 1.29 is 4.79 Å². The average Bonchev–Trinajstić information content (AvgIpc) is 3.50. The Morgan fingerprint density at radius 2 is 1.85 bits per heavy atom. The first-order chi connectivity index (χ1) is 16.1. The molecule has 0 aliphatic heterocycles. The second-order valence-corrected chi connectivity index (χ2v) is 8.27. The molecule has 0 aliphatic carbocycles.